The number of anilines is 1. The summed E-state index contributed by atoms with van der Waals surface area (Å²) in [6, 6.07) is 4.93. The maximum absolute atomic E-state index is 12.8. The van der Waals surface area contributed by atoms with Crippen molar-refractivity contribution >= 4 is 44.0 Å². The van der Waals surface area contributed by atoms with Gasteiger partial charge in [-0.2, -0.15) is 0 Å². The van der Waals surface area contributed by atoms with Crippen LogP contribution in [0.1, 0.15) is 22.1 Å². The van der Waals surface area contributed by atoms with E-state index in [1.54, 1.807) is 23.6 Å². The molecule has 7 nitrogen and oxygen atoms in total. The van der Waals surface area contributed by atoms with Gasteiger partial charge < -0.3 is 11.5 Å². The van der Waals surface area contributed by atoms with Crippen molar-refractivity contribution in [2.75, 3.05) is 4.72 Å². The summed E-state index contributed by atoms with van der Waals surface area (Å²) in [5.41, 5.74) is 12.2. The van der Waals surface area contributed by atoms with Gasteiger partial charge in [-0.1, -0.05) is 29.8 Å². The molecule has 25 heavy (non-hydrogen) atoms. The number of carbonyl (C=O) groups is 1. The first-order valence-electron chi connectivity index (χ1n) is 7.12. The van der Waals surface area contributed by atoms with Crippen LogP contribution in [0.25, 0.3) is 0 Å². The maximum atomic E-state index is 12.8. The topological polar surface area (TPSA) is 128 Å². The van der Waals surface area contributed by atoms with Gasteiger partial charge >= 0.3 is 0 Å². The van der Waals surface area contributed by atoms with E-state index in [0.717, 1.165) is 11.3 Å². The third-order valence-electron chi connectivity index (χ3n) is 3.35. The van der Waals surface area contributed by atoms with Crippen molar-refractivity contribution in [2.24, 2.45) is 11.5 Å². The standard InChI is InChI=1S/C15H17ClN4O3S2/c1-2-13(10-4-3-5-12(16)11(10)7-17)25(22,23)20-15-19-9(8-24-15)6-14(18)21/h2-5,8,13H,1,6-7,17H2,(H2,18,21)(H,19,20). The molecule has 10 heteroatoms. The van der Waals surface area contributed by atoms with Crippen molar-refractivity contribution < 1.29 is 13.2 Å². The molecule has 134 valence electrons. The molecule has 0 radical (unpaired) electrons. The summed E-state index contributed by atoms with van der Waals surface area (Å²) in [6.45, 7) is 3.71. The molecule has 1 aromatic heterocycles. The zero-order chi connectivity index (χ0) is 18.6. The lowest BCUT2D eigenvalue weighted by Crippen LogP contribution is -2.22. The third-order valence-corrected chi connectivity index (χ3v) is 6.23. The van der Waals surface area contributed by atoms with Gasteiger partial charge in [-0.25, -0.2) is 13.4 Å². The first-order chi connectivity index (χ1) is 11.8. The van der Waals surface area contributed by atoms with E-state index in [-0.39, 0.29) is 18.1 Å². The zero-order valence-corrected chi connectivity index (χ0v) is 15.5. The number of sulfonamides is 1. The Kier molecular flexibility index (Phi) is 6.17. The van der Waals surface area contributed by atoms with E-state index in [1.807, 2.05) is 0 Å². The number of aromatic nitrogens is 1. The van der Waals surface area contributed by atoms with Crippen molar-refractivity contribution in [3.63, 3.8) is 0 Å². The molecule has 1 amide bonds. The molecule has 0 bridgehead atoms. The van der Waals surface area contributed by atoms with Crippen LogP contribution in [0.2, 0.25) is 5.02 Å². The zero-order valence-electron chi connectivity index (χ0n) is 13.1. The lowest BCUT2D eigenvalue weighted by molar-refractivity contribution is -0.117. The molecule has 5 N–H and O–H groups in total. The van der Waals surface area contributed by atoms with Gasteiger partial charge in [-0.15, -0.1) is 17.9 Å². The van der Waals surface area contributed by atoms with Gasteiger partial charge in [0.1, 0.15) is 5.25 Å². The Balaban J connectivity index is 2.33. The number of carbonyl (C=O) groups excluding carboxylic acids is 1. The van der Waals surface area contributed by atoms with Crippen LogP contribution in [0, 0.1) is 0 Å². The van der Waals surface area contributed by atoms with Crippen molar-refractivity contribution in [1.82, 2.24) is 4.98 Å². The van der Waals surface area contributed by atoms with E-state index >= 15 is 0 Å². The number of primary amides is 1. The van der Waals surface area contributed by atoms with E-state index in [4.69, 9.17) is 23.1 Å². The fourth-order valence-electron chi connectivity index (χ4n) is 2.28. The summed E-state index contributed by atoms with van der Waals surface area (Å²) in [4.78, 5) is 15.0. The van der Waals surface area contributed by atoms with Crippen LogP contribution in [0.3, 0.4) is 0 Å². The molecule has 0 saturated carbocycles. The second-order valence-electron chi connectivity index (χ2n) is 5.10. The van der Waals surface area contributed by atoms with E-state index in [2.05, 4.69) is 16.3 Å². The normalized spacial score (nSPS) is 12.6. The van der Waals surface area contributed by atoms with Gasteiger partial charge in [-0.3, -0.25) is 9.52 Å². The number of benzene rings is 1. The quantitative estimate of drug-likeness (QED) is 0.583. The van der Waals surface area contributed by atoms with Crippen molar-refractivity contribution in [2.45, 2.75) is 18.2 Å². The monoisotopic (exact) mass is 400 g/mol. The number of nitrogens with one attached hydrogen (secondary N) is 1. The van der Waals surface area contributed by atoms with E-state index < -0.39 is 21.2 Å². The Morgan fingerprint density at radius 2 is 2.20 bits per heavy atom. The minimum atomic E-state index is -3.89. The number of halogens is 1. The van der Waals surface area contributed by atoms with Gasteiger partial charge in [0.05, 0.1) is 12.1 Å². The summed E-state index contributed by atoms with van der Waals surface area (Å²) >= 11 is 7.17. The van der Waals surface area contributed by atoms with Crippen LogP contribution < -0.4 is 16.2 Å². The van der Waals surface area contributed by atoms with Gasteiger partial charge in [0.15, 0.2) is 5.13 Å². The predicted molar refractivity (Wildman–Crippen MR) is 99.8 cm³/mol. The van der Waals surface area contributed by atoms with Gasteiger partial charge in [0.25, 0.3) is 0 Å². The third kappa shape index (κ3) is 4.57. The van der Waals surface area contributed by atoms with Gasteiger partial charge in [0, 0.05) is 16.9 Å². The maximum Gasteiger partial charge on any atom is 0.245 e. The van der Waals surface area contributed by atoms with Crippen LogP contribution in [-0.4, -0.2) is 19.3 Å². The average Bonchev–Trinajstić information content (AvgIpc) is 2.93. The van der Waals surface area contributed by atoms with Gasteiger partial charge in [0.2, 0.25) is 15.9 Å². The number of amides is 1. The number of hydrogen-bond donors (Lipinski definition) is 3. The molecule has 1 unspecified atom stereocenters. The Morgan fingerprint density at radius 3 is 2.80 bits per heavy atom. The molecule has 0 aliphatic rings. The summed E-state index contributed by atoms with van der Waals surface area (Å²) in [6.07, 6.45) is 1.24. The summed E-state index contributed by atoms with van der Waals surface area (Å²) < 4.78 is 27.9. The first-order valence-corrected chi connectivity index (χ1v) is 9.93. The van der Waals surface area contributed by atoms with Crippen molar-refractivity contribution in [3.8, 4) is 0 Å². The molecular weight excluding hydrogens is 384 g/mol. The highest BCUT2D eigenvalue weighted by Crippen LogP contribution is 2.32. The molecule has 1 heterocycles. The van der Waals surface area contributed by atoms with E-state index in [0.29, 0.717) is 21.8 Å². The number of nitrogens with zero attached hydrogens (tertiary/aromatic N) is 1. The van der Waals surface area contributed by atoms with Crippen LogP contribution in [-0.2, 0) is 27.8 Å². The number of hydrogen-bond acceptors (Lipinski definition) is 6. The fourth-order valence-corrected chi connectivity index (χ4v) is 4.85. The lowest BCUT2D eigenvalue weighted by atomic mass is 10.0. The highest BCUT2D eigenvalue weighted by atomic mass is 35.5. The highest BCUT2D eigenvalue weighted by molar-refractivity contribution is 7.93. The Morgan fingerprint density at radius 1 is 1.48 bits per heavy atom. The Hall–Kier alpha value is -1.94. The number of nitrogens with two attached hydrogens (primary N) is 2. The van der Waals surface area contributed by atoms with Gasteiger partial charge in [-0.05, 0) is 17.2 Å². The van der Waals surface area contributed by atoms with E-state index in [9.17, 15) is 13.2 Å². The molecule has 2 aromatic rings. The molecule has 0 spiro atoms. The first kappa shape index (κ1) is 19.4. The number of rotatable bonds is 8. The van der Waals surface area contributed by atoms with Crippen molar-refractivity contribution in [1.29, 1.82) is 0 Å². The second-order valence-corrected chi connectivity index (χ2v) is 8.17. The smallest absolute Gasteiger partial charge is 0.245 e. The summed E-state index contributed by atoms with van der Waals surface area (Å²) in [7, 11) is -3.89. The molecule has 1 atom stereocenters. The van der Waals surface area contributed by atoms with Crippen LogP contribution in [0.5, 0.6) is 0 Å². The SMILES string of the molecule is C=CC(c1cccc(Cl)c1CN)S(=O)(=O)Nc1nc(CC(N)=O)cs1. The minimum Gasteiger partial charge on any atom is -0.369 e. The largest absolute Gasteiger partial charge is 0.369 e. The molecule has 1 aromatic carbocycles. The lowest BCUT2D eigenvalue weighted by Gasteiger charge is -2.18. The van der Waals surface area contributed by atoms with Crippen LogP contribution in [0.15, 0.2) is 36.2 Å². The Bertz CT molecular complexity index is 896. The molecule has 2 rings (SSSR count). The molecule has 0 fully saturated rings. The summed E-state index contributed by atoms with van der Waals surface area (Å²) in [5, 5.41) is 1.03. The predicted octanol–water partition coefficient (Wildman–Crippen LogP) is 1.95. The Labute approximate surface area is 154 Å². The van der Waals surface area contributed by atoms with Crippen molar-refractivity contribution in [3.05, 3.63) is 58.1 Å². The minimum absolute atomic E-state index is 0.0608. The molecule has 0 saturated heterocycles. The van der Waals surface area contributed by atoms with Crippen LogP contribution in [0.4, 0.5) is 5.13 Å². The highest BCUT2D eigenvalue weighted by Gasteiger charge is 2.28. The van der Waals surface area contributed by atoms with Crippen LogP contribution >= 0.6 is 22.9 Å². The summed E-state index contributed by atoms with van der Waals surface area (Å²) in [5.74, 6) is -0.546. The average molecular weight is 401 g/mol. The number of thiazole rings is 1. The molecule has 0 aliphatic heterocycles. The molecule has 0 aliphatic carbocycles. The molecular formula is C15H17ClN4O3S2. The fraction of sp³-hybridized carbons (Fsp3) is 0.200. The second kappa shape index (κ2) is 7.96. The van der Waals surface area contributed by atoms with E-state index in [1.165, 1.54) is 6.08 Å².